The van der Waals surface area contributed by atoms with Gasteiger partial charge in [-0.3, -0.25) is 19.2 Å². The molecule has 1 fully saturated rings. The Labute approximate surface area is 338 Å². The van der Waals surface area contributed by atoms with E-state index in [0.29, 0.717) is 35.1 Å². The fraction of sp³-hybridized carbons (Fsp3) is 0.400. The Balaban J connectivity index is 1.13. The molecule has 4 atom stereocenters. The average Bonchev–Trinajstić information content (AvgIpc) is 3.74. The maximum atomic E-state index is 13.8. The first-order valence-corrected chi connectivity index (χ1v) is 19.4. The highest BCUT2D eigenvalue weighted by Crippen LogP contribution is 2.45. The summed E-state index contributed by atoms with van der Waals surface area (Å²) in [5, 5.41) is 15.6. The van der Waals surface area contributed by atoms with Crippen molar-refractivity contribution in [1.29, 1.82) is 0 Å². The average molecular weight is 794 g/mol. The van der Waals surface area contributed by atoms with Crippen molar-refractivity contribution >= 4 is 35.7 Å². The molecule has 1 saturated heterocycles. The van der Waals surface area contributed by atoms with Crippen LogP contribution in [0.15, 0.2) is 90.5 Å². The van der Waals surface area contributed by atoms with E-state index >= 15 is 0 Å². The van der Waals surface area contributed by atoms with Crippen LogP contribution < -0.4 is 10.6 Å². The van der Waals surface area contributed by atoms with Gasteiger partial charge in [0.15, 0.2) is 5.79 Å². The number of esters is 2. The third-order valence-corrected chi connectivity index (χ3v) is 10.1. The summed E-state index contributed by atoms with van der Waals surface area (Å²) in [6, 6.07) is 20.8. The van der Waals surface area contributed by atoms with Gasteiger partial charge in [-0.1, -0.05) is 48.5 Å². The van der Waals surface area contributed by atoms with Crippen molar-refractivity contribution in [1.82, 2.24) is 15.5 Å². The van der Waals surface area contributed by atoms with Gasteiger partial charge >= 0.3 is 11.9 Å². The molecule has 58 heavy (non-hydrogen) atoms. The van der Waals surface area contributed by atoms with Crippen molar-refractivity contribution in [3.63, 3.8) is 0 Å². The summed E-state index contributed by atoms with van der Waals surface area (Å²) in [6.45, 7) is 5.04. The van der Waals surface area contributed by atoms with Gasteiger partial charge in [-0.25, -0.2) is 4.79 Å². The van der Waals surface area contributed by atoms with Gasteiger partial charge in [0.25, 0.3) is 5.91 Å². The van der Waals surface area contributed by atoms with E-state index in [4.69, 9.17) is 18.9 Å². The predicted molar refractivity (Wildman–Crippen MR) is 214 cm³/mol. The zero-order valence-corrected chi connectivity index (χ0v) is 33.5. The molecular formula is C45H51N3O10. The number of ether oxygens (including phenoxy) is 4. The molecule has 0 bridgehead atoms. The summed E-state index contributed by atoms with van der Waals surface area (Å²) < 4.78 is 24.7. The van der Waals surface area contributed by atoms with E-state index in [1.165, 1.54) is 11.0 Å². The molecule has 13 heteroatoms. The van der Waals surface area contributed by atoms with Crippen LogP contribution in [0.5, 0.6) is 0 Å². The van der Waals surface area contributed by atoms with Crippen LogP contribution in [-0.2, 0) is 52.7 Å². The summed E-state index contributed by atoms with van der Waals surface area (Å²) in [5.74, 6) is -3.03. The molecule has 3 N–H and O–H groups in total. The summed E-state index contributed by atoms with van der Waals surface area (Å²) in [5.41, 5.74) is 3.82. The normalized spacial score (nSPS) is 19.8. The van der Waals surface area contributed by atoms with Crippen LogP contribution >= 0.6 is 0 Å². The second-order valence-corrected chi connectivity index (χ2v) is 16.1. The molecule has 1 heterocycles. The van der Waals surface area contributed by atoms with Crippen LogP contribution in [0, 0.1) is 0 Å². The van der Waals surface area contributed by atoms with Crippen LogP contribution in [-0.4, -0.2) is 96.1 Å². The molecule has 1 aliphatic heterocycles. The second-order valence-electron chi connectivity index (χ2n) is 16.1. The Morgan fingerprint density at radius 3 is 2.33 bits per heavy atom. The van der Waals surface area contributed by atoms with Crippen LogP contribution in [0.2, 0.25) is 0 Å². The molecule has 306 valence electrons. The van der Waals surface area contributed by atoms with Crippen LogP contribution in [0.3, 0.4) is 0 Å². The van der Waals surface area contributed by atoms with Gasteiger partial charge in [0.05, 0.1) is 18.2 Å². The number of aliphatic hydroxyl groups is 1. The largest absolute Gasteiger partial charge is 0.460 e. The van der Waals surface area contributed by atoms with E-state index in [1.54, 1.807) is 95.5 Å². The smallest absolute Gasteiger partial charge is 0.338 e. The van der Waals surface area contributed by atoms with Crippen molar-refractivity contribution in [3.8, 4) is 0 Å². The Morgan fingerprint density at radius 1 is 0.931 bits per heavy atom. The standard InChI is InChI=1S/C45H51N3O10/c1-44(2,3)57-39(51)19-17-35(27-49)47-42(53)30-14-9-11-29(21-30)26-46-41(52)34-22-36(55-43(54)31-15-8-10-28(20-31)16-18-38(50)48(4)5)40-37(23-34)56-45(58-40)24-32-12-6-7-13-33(32)25-45/h6-16,18,20-21,23,35-37,40,49H,17,19,22,24-27H2,1-5H3,(H,46,52)(H,47,53). The van der Waals surface area contributed by atoms with Gasteiger partial charge in [-0.05, 0) is 85.9 Å². The predicted octanol–water partition coefficient (Wildman–Crippen LogP) is 4.45. The Morgan fingerprint density at radius 2 is 1.64 bits per heavy atom. The first kappa shape index (κ1) is 42.0. The van der Waals surface area contributed by atoms with Gasteiger partial charge < -0.3 is 39.6 Å². The highest BCUT2D eigenvalue weighted by atomic mass is 16.8. The molecule has 13 nitrogen and oxygen atoms in total. The quantitative estimate of drug-likeness (QED) is 0.166. The zero-order chi connectivity index (χ0) is 41.6. The lowest BCUT2D eigenvalue weighted by atomic mass is 9.91. The number of benzene rings is 3. The lowest BCUT2D eigenvalue weighted by Gasteiger charge is -2.30. The number of rotatable bonds is 13. The van der Waals surface area contributed by atoms with Gasteiger partial charge in [0.1, 0.15) is 23.9 Å². The number of hydrogen-bond donors (Lipinski definition) is 3. The zero-order valence-electron chi connectivity index (χ0n) is 33.5. The molecule has 1 spiro atoms. The maximum absolute atomic E-state index is 13.8. The fourth-order valence-corrected chi connectivity index (χ4v) is 7.23. The first-order chi connectivity index (χ1) is 27.6. The van der Waals surface area contributed by atoms with Gasteiger partial charge in [-0.15, -0.1) is 0 Å². The van der Waals surface area contributed by atoms with Crippen LogP contribution in [0.1, 0.15) is 83.0 Å². The van der Waals surface area contributed by atoms with E-state index in [0.717, 1.165) is 11.1 Å². The first-order valence-electron chi connectivity index (χ1n) is 19.4. The van der Waals surface area contributed by atoms with E-state index in [2.05, 4.69) is 10.6 Å². The molecule has 0 aromatic heterocycles. The highest BCUT2D eigenvalue weighted by Gasteiger charge is 2.55. The molecule has 3 amide bonds. The van der Waals surface area contributed by atoms with Crippen LogP contribution in [0.25, 0.3) is 6.08 Å². The van der Waals surface area contributed by atoms with Gasteiger partial charge in [0.2, 0.25) is 11.8 Å². The summed E-state index contributed by atoms with van der Waals surface area (Å²) >= 11 is 0. The van der Waals surface area contributed by atoms with Crippen molar-refractivity contribution in [2.24, 2.45) is 0 Å². The number of carbonyl (C=O) groups is 5. The molecule has 2 aliphatic carbocycles. The maximum Gasteiger partial charge on any atom is 0.338 e. The van der Waals surface area contributed by atoms with Gasteiger partial charge in [0, 0.05) is 63.5 Å². The minimum Gasteiger partial charge on any atom is -0.460 e. The third-order valence-electron chi connectivity index (χ3n) is 10.1. The number of nitrogens with zero attached hydrogens (tertiary/aromatic N) is 1. The minimum atomic E-state index is -0.971. The van der Waals surface area contributed by atoms with E-state index < -0.39 is 59.5 Å². The van der Waals surface area contributed by atoms with Crippen LogP contribution in [0.4, 0.5) is 0 Å². The Hall–Kier alpha value is -5.63. The number of hydrogen-bond acceptors (Lipinski definition) is 10. The summed E-state index contributed by atoms with van der Waals surface area (Å²) in [6.07, 6.45) is 3.91. The topological polar surface area (TPSA) is 170 Å². The van der Waals surface area contributed by atoms with E-state index in [1.807, 2.05) is 24.3 Å². The van der Waals surface area contributed by atoms with Crippen molar-refractivity contribution in [2.45, 2.75) is 95.2 Å². The molecule has 3 aliphatic rings. The SMILES string of the molecule is CN(C)C(=O)C=Cc1cccc(C(=O)OC2CC(C(=O)NCc3cccc(C(=O)NC(CO)CCC(=O)OC(C)(C)C)c3)=CC3OC4(Cc5ccccc5C4)OC32)c1. The molecule has 0 radical (unpaired) electrons. The van der Waals surface area contributed by atoms with E-state index in [-0.39, 0.29) is 43.9 Å². The molecule has 6 rings (SSSR count). The number of fused-ring (bicyclic) bond motifs is 2. The second kappa shape index (κ2) is 17.9. The lowest BCUT2D eigenvalue weighted by molar-refractivity contribution is -0.172. The number of amides is 3. The van der Waals surface area contributed by atoms with Crippen molar-refractivity contribution < 1.29 is 48.0 Å². The molecule has 0 saturated carbocycles. The Kier molecular flexibility index (Phi) is 12.9. The number of nitrogens with one attached hydrogen (secondary N) is 2. The highest BCUT2D eigenvalue weighted by molar-refractivity contribution is 5.96. The Bertz CT molecular complexity index is 2080. The molecule has 3 aromatic rings. The van der Waals surface area contributed by atoms with Gasteiger partial charge in [-0.2, -0.15) is 0 Å². The minimum absolute atomic E-state index is 0.0312. The molecular weight excluding hydrogens is 743 g/mol. The number of aliphatic hydroxyl groups excluding tert-OH is 1. The van der Waals surface area contributed by atoms with E-state index in [9.17, 15) is 29.1 Å². The molecule has 3 aromatic carbocycles. The number of carbonyl (C=O) groups excluding carboxylic acids is 5. The van der Waals surface area contributed by atoms with Crippen molar-refractivity contribution in [3.05, 3.63) is 124 Å². The summed E-state index contributed by atoms with van der Waals surface area (Å²) in [4.78, 5) is 66.3. The lowest BCUT2D eigenvalue weighted by Crippen LogP contribution is -2.43. The fourth-order valence-electron chi connectivity index (χ4n) is 7.23. The monoisotopic (exact) mass is 793 g/mol. The summed E-state index contributed by atoms with van der Waals surface area (Å²) in [7, 11) is 3.30. The number of likely N-dealkylation sites (N-methyl/N-ethyl adjacent to an activating group) is 1. The third kappa shape index (κ3) is 10.6. The van der Waals surface area contributed by atoms with Crippen molar-refractivity contribution in [2.75, 3.05) is 20.7 Å². The molecule has 4 unspecified atom stereocenters.